The molecule has 0 bridgehead atoms. The van der Waals surface area contributed by atoms with Gasteiger partial charge in [-0.3, -0.25) is 0 Å². The fraction of sp³-hybridized carbons (Fsp3) is 0.462. The highest BCUT2D eigenvalue weighted by Crippen LogP contribution is 2.18. The number of aliphatic hydroxyl groups is 1. The molecule has 0 saturated heterocycles. The first-order valence-corrected chi connectivity index (χ1v) is 5.81. The predicted octanol–water partition coefficient (Wildman–Crippen LogP) is 1.96. The van der Waals surface area contributed by atoms with Gasteiger partial charge in [0.2, 0.25) is 0 Å². The molecule has 0 aliphatic carbocycles. The first kappa shape index (κ1) is 13.3. The summed E-state index contributed by atoms with van der Waals surface area (Å²) in [5.41, 5.74) is 7.59. The van der Waals surface area contributed by atoms with Crippen LogP contribution >= 0.6 is 0 Å². The van der Waals surface area contributed by atoms with E-state index in [4.69, 9.17) is 16.1 Å². The number of hydrogen-bond donors (Lipinski definition) is 3. The summed E-state index contributed by atoms with van der Waals surface area (Å²) in [4.78, 5) is 0. The van der Waals surface area contributed by atoms with Gasteiger partial charge in [0.05, 0.1) is 11.3 Å². The molecule has 1 unspecified atom stereocenters. The van der Waals surface area contributed by atoms with Crippen molar-refractivity contribution in [1.82, 2.24) is 0 Å². The Morgan fingerprint density at radius 3 is 2.94 bits per heavy atom. The van der Waals surface area contributed by atoms with Crippen LogP contribution in [0.25, 0.3) is 0 Å². The molecule has 0 aliphatic rings. The number of nitrogens with zero attached hydrogens (tertiary/aromatic N) is 1. The zero-order chi connectivity index (χ0) is 12.7. The first-order valence-electron chi connectivity index (χ1n) is 5.81. The van der Waals surface area contributed by atoms with Crippen molar-refractivity contribution in [3.8, 4) is 6.07 Å². The lowest BCUT2D eigenvalue weighted by atomic mass is 10.1. The number of hydrogen-bond acceptors (Lipinski definition) is 4. The van der Waals surface area contributed by atoms with Gasteiger partial charge in [-0.15, -0.1) is 0 Å². The molecule has 0 saturated carbocycles. The molecular weight excluding hydrogens is 214 g/mol. The van der Waals surface area contributed by atoms with Crippen molar-refractivity contribution in [3.05, 3.63) is 23.8 Å². The molecule has 0 amide bonds. The van der Waals surface area contributed by atoms with E-state index in [9.17, 15) is 0 Å². The first-order chi connectivity index (χ1) is 8.17. The second-order valence-corrected chi connectivity index (χ2v) is 4.27. The Kier molecular flexibility index (Phi) is 5.31. The molecule has 0 aliphatic heterocycles. The minimum absolute atomic E-state index is 0.227. The lowest BCUT2D eigenvalue weighted by Gasteiger charge is -2.10. The summed E-state index contributed by atoms with van der Waals surface area (Å²) in [5.74, 6) is 0.332. The van der Waals surface area contributed by atoms with Crippen molar-refractivity contribution in [2.24, 2.45) is 5.92 Å². The molecule has 1 rings (SSSR count). The van der Waals surface area contributed by atoms with Gasteiger partial charge in [0.1, 0.15) is 6.07 Å². The largest absolute Gasteiger partial charge is 0.399 e. The lowest BCUT2D eigenvalue weighted by molar-refractivity contribution is 0.229. The van der Waals surface area contributed by atoms with Gasteiger partial charge in [-0.1, -0.05) is 6.92 Å². The zero-order valence-electron chi connectivity index (χ0n) is 10.1. The lowest BCUT2D eigenvalue weighted by Crippen LogP contribution is -2.07. The van der Waals surface area contributed by atoms with Crippen molar-refractivity contribution < 1.29 is 5.11 Å². The van der Waals surface area contributed by atoms with Crippen LogP contribution in [-0.2, 0) is 0 Å². The van der Waals surface area contributed by atoms with Crippen LogP contribution in [0, 0.1) is 17.2 Å². The van der Waals surface area contributed by atoms with Gasteiger partial charge in [0.15, 0.2) is 0 Å². The number of anilines is 2. The van der Waals surface area contributed by atoms with Crippen LogP contribution in [0.5, 0.6) is 0 Å². The van der Waals surface area contributed by atoms with Crippen molar-refractivity contribution in [2.75, 3.05) is 24.2 Å². The number of nitriles is 1. The number of rotatable bonds is 6. The highest BCUT2D eigenvalue weighted by Gasteiger charge is 2.03. The normalized spacial score (nSPS) is 11.8. The molecule has 1 atom stereocenters. The maximum absolute atomic E-state index is 8.95. The quantitative estimate of drug-likeness (QED) is 0.518. The van der Waals surface area contributed by atoms with Crippen LogP contribution in [0.15, 0.2) is 18.2 Å². The van der Waals surface area contributed by atoms with Gasteiger partial charge in [-0.05, 0) is 37.0 Å². The number of benzene rings is 1. The second-order valence-electron chi connectivity index (χ2n) is 4.27. The average Bonchev–Trinajstić information content (AvgIpc) is 2.35. The van der Waals surface area contributed by atoms with E-state index in [0.29, 0.717) is 17.2 Å². The van der Waals surface area contributed by atoms with Crippen LogP contribution in [0.2, 0.25) is 0 Å². The van der Waals surface area contributed by atoms with E-state index in [2.05, 4.69) is 11.4 Å². The molecule has 17 heavy (non-hydrogen) atoms. The molecule has 1 aromatic rings. The molecule has 4 nitrogen and oxygen atoms in total. The van der Waals surface area contributed by atoms with E-state index >= 15 is 0 Å². The Morgan fingerprint density at radius 1 is 1.53 bits per heavy atom. The molecule has 0 heterocycles. The molecule has 1 aromatic carbocycles. The number of aliphatic hydroxyl groups excluding tert-OH is 1. The van der Waals surface area contributed by atoms with Crippen molar-refractivity contribution >= 4 is 11.4 Å². The predicted molar refractivity (Wildman–Crippen MR) is 69.5 cm³/mol. The van der Waals surface area contributed by atoms with Gasteiger partial charge in [0, 0.05) is 18.8 Å². The molecule has 4 N–H and O–H groups in total. The van der Waals surface area contributed by atoms with Crippen LogP contribution in [0.4, 0.5) is 11.4 Å². The van der Waals surface area contributed by atoms with E-state index in [0.717, 1.165) is 25.1 Å². The average molecular weight is 233 g/mol. The summed E-state index contributed by atoms with van der Waals surface area (Å²) in [7, 11) is 0. The van der Waals surface area contributed by atoms with Gasteiger partial charge >= 0.3 is 0 Å². The summed E-state index contributed by atoms with van der Waals surface area (Å²) in [6.07, 6.45) is 1.94. The van der Waals surface area contributed by atoms with Crippen LogP contribution < -0.4 is 11.1 Å². The van der Waals surface area contributed by atoms with Crippen LogP contribution in [-0.4, -0.2) is 18.3 Å². The maximum Gasteiger partial charge on any atom is 0.101 e. The van der Waals surface area contributed by atoms with Gasteiger partial charge < -0.3 is 16.2 Å². The van der Waals surface area contributed by atoms with Crippen molar-refractivity contribution in [1.29, 1.82) is 5.26 Å². The summed E-state index contributed by atoms with van der Waals surface area (Å²) in [5, 5.41) is 21.0. The molecule has 0 fully saturated rings. The number of nitrogens with two attached hydrogens (primary N) is 1. The van der Waals surface area contributed by atoms with Crippen LogP contribution in [0.1, 0.15) is 25.3 Å². The van der Waals surface area contributed by atoms with Crippen molar-refractivity contribution in [2.45, 2.75) is 19.8 Å². The Morgan fingerprint density at radius 2 is 2.29 bits per heavy atom. The van der Waals surface area contributed by atoms with Gasteiger partial charge in [0.25, 0.3) is 0 Å². The molecular formula is C13H19N3O. The zero-order valence-corrected chi connectivity index (χ0v) is 10.1. The Labute approximate surface area is 102 Å². The van der Waals surface area contributed by atoms with Gasteiger partial charge in [-0.25, -0.2) is 0 Å². The van der Waals surface area contributed by atoms with E-state index in [1.807, 2.05) is 13.0 Å². The monoisotopic (exact) mass is 233 g/mol. The number of nitrogens with one attached hydrogen (secondary N) is 1. The molecule has 0 aromatic heterocycles. The van der Waals surface area contributed by atoms with E-state index in [-0.39, 0.29) is 6.61 Å². The van der Waals surface area contributed by atoms with Gasteiger partial charge in [-0.2, -0.15) is 5.26 Å². The summed E-state index contributed by atoms with van der Waals surface area (Å²) in [6.45, 7) is 3.04. The van der Waals surface area contributed by atoms with E-state index < -0.39 is 0 Å². The third-order valence-electron chi connectivity index (χ3n) is 2.66. The Hall–Kier alpha value is -1.73. The maximum atomic E-state index is 8.95. The minimum atomic E-state index is 0.227. The third kappa shape index (κ3) is 4.33. The summed E-state index contributed by atoms with van der Waals surface area (Å²) < 4.78 is 0. The molecule has 0 radical (unpaired) electrons. The third-order valence-corrected chi connectivity index (χ3v) is 2.66. The second kappa shape index (κ2) is 6.77. The molecule has 4 heteroatoms. The smallest absolute Gasteiger partial charge is 0.101 e. The Bertz CT molecular complexity index is 398. The number of nitrogen functional groups attached to an aromatic ring is 1. The van der Waals surface area contributed by atoms with Crippen LogP contribution in [0.3, 0.4) is 0 Å². The Balaban J connectivity index is 2.44. The minimum Gasteiger partial charge on any atom is -0.399 e. The fourth-order valence-corrected chi connectivity index (χ4v) is 1.57. The van der Waals surface area contributed by atoms with E-state index in [1.165, 1.54) is 0 Å². The highest BCUT2D eigenvalue weighted by atomic mass is 16.3. The summed E-state index contributed by atoms with van der Waals surface area (Å²) in [6, 6.07) is 7.38. The highest BCUT2D eigenvalue weighted by molar-refractivity contribution is 5.62. The molecule has 92 valence electrons. The van der Waals surface area contributed by atoms with Crippen molar-refractivity contribution in [3.63, 3.8) is 0 Å². The fourth-order valence-electron chi connectivity index (χ4n) is 1.57. The topological polar surface area (TPSA) is 82.1 Å². The standard InChI is InChI=1S/C13H19N3O/c1-10(9-17)3-2-6-16-13-5-4-12(15)7-11(13)8-14/h4-5,7,10,16-17H,2-3,6,9,15H2,1H3. The summed E-state index contributed by atoms with van der Waals surface area (Å²) >= 11 is 0. The van der Waals surface area contributed by atoms with E-state index in [1.54, 1.807) is 12.1 Å². The SMILES string of the molecule is CC(CO)CCCNc1ccc(N)cc1C#N. The molecule has 0 spiro atoms.